The van der Waals surface area contributed by atoms with Gasteiger partial charge in [0.15, 0.2) is 5.78 Å². The van der Waals surface area contributed by atoms with Crippen LogP contribution in [-0.2, 0) is 0 Å². The lowest BCUT2D eigenvalue weighted by Gasteiger charge is -2.07. The minimum absolute atomic E-state index is 0.0338. The lowest BCUT2D eigenvalue weighted by atomic mass is 9.96. The molecule has 0 amide bonds. The monoisotopic (exact) mass is 378 g/mol. The minimum atomic E-state index is -0.412. The highest BCUT2D eigenvalue weighted by Crippen LogP contribution is 2.30. The molecule has 146 valence electrons. The Morgan fingerprint density at radius 2 is 1.71 bits per heavy atom. The largest absolute Gasteiger partial charge is 0.355 e. The second-order valence-electron chi connectivity index (χ2n) is 6.25. The van der Waals surface area contributed by atoms with Gasteiger partial charge in [0.2, 0.25) is 0 Å². The van der Waals surface area contributed by atoms with Gasteiger partial charge in [-0.1, -0.05) is 38.5 Å². The number of allylic oxidation sites excluding steroid dienone is 4. The maximum Gasteiger partial charge on any atom is 0.270 e. The molecule has 5 heteroatoms. The molecule has 28 heavy (non-hydrogen) atoms. The second-order valence-corrected chi connectivity index (χ2v) is 6.25. The number of nitrogens with zero attached hydrogens (tertiary/aromatic N) is 1. The van der Waals surface area contributed by atoms with E-state index in [0.29, 0.717) is 11.1 Å². The number of fused-ring (bicyclic) bond motifs is 3. The molecule has 0 saturated carbocycles. The number of non-ortho nitro benzene ring substituents is 1. The fourth-order valence-corrected chi connectivity index (χ4v) is 3.06. The van der Waals surface area contributed by atoms with Gasteiger partial charge in [0.25, 0.3) is 5.69 Å². The maximum absolute atomic E-state index is 13.0. The molecule has 1 N–H and O–H groups in total. The van der Waals surface area contributed by atoms with Crippen LogP contribution in [0, 0.1) is 10.1 Å². The number of H-pyrrole nitrogens is 1. The van der Waals surface area contributed by atoms with Crippen LogP contribution >= 0.6 is 0 Å². The second kappa shape index (κ2) is 9.13. The molecule has 0 fully saturated rings. The van der Waals surface area contributed by atoms with Gasteiger partial charge in [0, 0.05) is 45.1 Å². The van der Waals surface area contributed by atoms with Gasteiger partial charge in [-0.3, -0.25) is 14.9 Å². The van der Waals surface area contributed by atoms with Gasteiger partial charge in [0.05, 0.1) is 4.92 Å². The van der Waals surface area contributed by atoms with E-state index in [-0.39, 0.29) is 11.5 Å². The summed E-state index contributed by atoms with van der Waals surface area (Å²) in [6, 6.07) is 10.2. The van der Waals surface area contributed by atoms with Gasteiger partial charge >= 0.3 is 0 Å². The predicted octanol–water partition coefficient (Wildman–Crippen LogP) is 6.74. The van der Waals surface area contributed by atoms with Crippen LogP contribution in [0.3, 0.4) is 0 Å². The molecule has 2 aromatic carbocycles. The predicted molar refractivity (Wildman–Crippen MR) is 116 cm³/mol. The van der Waals surface area contributed by atoms with Gasteiger partial charge in [-0.2, -0.15) is 0 Å². The summed E-state index contributed by atoms with van der Waals surface area (Å²) < 4.78 is 0. The van der Waals surface area contributed by atoms with Crippen LogP contribution in [0.15, 0.2) is 59.7 Å². The van der Waals surface area contributed by atoms with E-state index in [1.54, 1.807) is 18.2 Å². The first kappa shape index (κ1) is 21.1. The summed E-state index contributed by atoms with van der Waals surface area (Å²) in [5, 5.41) is 12.6. The quantitative estimate of drug-likeness (QED) is 0.176. The molecule has 0 bridgehead atoms. The number of carbonyl (C=O) groups is 1. The van der Waals surface area contributed by atoms with Gasteiger partial charge < -0.3 is 4.98 Å². The van der Waals surface area contributed by atoms with Crippen molar-refractivity contribution >= 4 is 33.3 Å². The Bertz CT molecular complexity index is 1090. The van der Waals surface area contributed by atoms with E-state index < -0.39 is 4.92 Å². The van der Waals surface area contributed by atoms with E-state index in [1.165, 1.54) is 6.07 Å². The van der Waals surface area contributed by atoms with Gasteiger partial charge in [-0.25, -0.2) is 0 Å². The normalized spacial score (nSPS) is 12.0. The van der Waals surface area contributed by atoms with E-state index >= 15 is 0 Å². The summed E-state index contributed by atoms with van der Waals surface area (Å²) in [6.07, 6.45) is 4.50. The molecule has 0 saturated heterocycles. The van der Waals surface area contributed by atoms with E-state index in [2.05, 4.69) is 4.98 Å². The number of aromatic nitrogens is 1. The van der Waals surface area contributed by atoms with Crippen molar-refractivity contribution in [3.8, 4) is 0 Å². The molecule has 1 aromatic heterocycles. The fraction of sp³-hybridized carbons (Fsp3) is 0.261. The molecule has 1 heterocycles. The Hall–Kier alpha value is -3.21. The Morgan fingerprint density at radius 1 is 1.11 bits per heavy atom. The van der Waals surface area contributed by atoms with Crippen molar-refractivity contribution in [2.75, 3.05) is 0 Å². The number of aromatic amines is 1. The SMILES string of the molecule is C/C=C\C(C(=O)c1ccc2[nH]c3ccc([N+](=O)[O-])cc3c2c1)=C(\C)CC.CC. The fourth-order valence-electron chi connectivity index (χ4n) is 3.06. The molecule has 0 unspecified atom stereocenters. The van der Waals surface area contributed by atoms with Crippen molar-refractivity contribution in [3.05, 3.63) is 75.4 Å². The van der Waals surface area contributed by atoms with E-state index in [0.717, 1.165) is 33.8 Å². The molecule has 3 aromatic rings. The molecule has 0 aliphatic carbocycles. The molecule has 5 nitrogen and oxygen atoms in total. The van der Waals surface area contributed by atoms with Crippen LogP contribution in [0.1, 0.15) is 51.4 Å². The molecule has 0 aliphatic rings. The number of carbonyl (C=O) groups excluding carboxylic acids is 1. The molecular weight excluding hydrogens is 352 g/mol. The molecule has 0 radical (unpaired) electrons. The number of nitro benzene ring substituents is 1. The highest BCUT2D eigenvalue weighted by molar-refractivity contribution is 6.15. The third-order valence-electron chi connectivity index (χ3n) is 4.62. The molecular formula is C23H26N2O3. The lowest BCUT2D eigenvalue weighted by Crippen LogP contribution is -2.04. The minimum Gasteiger partial charge on any atom is -0.355 e. The average molecular weight is 378 g/mol. The van der Waals surface area contributed by atoms with Crippen LogP contribution < -0.4 is 0 Å². The molecule has 0 spiro atoms. The number of nitrogens with one attached hydrogen (secondary N) is 1. The molecule has 0 atom stereocenters. The third kappa shape index (κ3) is 4.03. The highest BCUT2D eigenvalue weighted by atomic mass is 16.6. The first-order valence-electron chi connectivity index (χ1n) is 9.53. The zero-order valence-corrected chi connectivity index (χ0v) is 17.0. The number of rotatable bonds is 5. The Kier molecular flexibility index (Phi) is 6.88. The average Bonchev–Trinajstić information content (AvgIpc) is 3.09. The van der Waals surface area contributed by atoms with Crippen molar-refractivity contribution in [2.45, 2.75) is 41.0 Å². The number of Topliss-reactive ketones (excluding diaryl/α,β-unsaturated/α-hetero) is 1. The first-order valence-corrected chi connectivity index (χ1v) is 9.53. The van der Waals surface area contributed by atoms with E-state index in [9.17, 15) is 14.9 Å². The maximum atomic E-state index is 13.0. The lowest BCUT2D eigenvalue weighted by molar-refractivity contribution is -0.384. The van der Waals surface area contributed by atoms with Gasteiger partial charge in [0.1, 0.15) is 0 Å². The standard InChI is InChI=1S/C21H20N2O3.C2H6/c1-4-6-16(13(3)5-2)21(24)14-7-9-19-17(11-14)18-12-15(23(25)26)8-10-20(18)22-19;1-2/h4,6-12,22H,5H2,1-3H3;1-2H3/b6-4-,16-13+;. The summed E-state index contributed by atoms with van der Waals surface area (Å²) in [4.78, 5) is 26.9. The summed E-state index contributed by atoms with van der Waals surface area (Å²) in [5.41, 5.74) is 3.99. The summed E-state index contributed by atoms with van der Waals surface area (Å²) in [5.74, 6) is -0.0378. The number of hydrogen-bond donors (Lipinski definition) is 1. The number of hydrogen-bond acceptors (Lipinski definition) is 3. The summed E-state index contributed by atoms with van der Waals surface area (Å²) in [7, 11) is 0. The Morgan fingerprint density at radius 3 is 2.29 bits per heavy atom. The highest BCUT2D eigenvalue weighted by Gasteiger charge is 2.15. The molecule has 0 aliphatic heterocycles. The third-order valence-corrected chi connectivity index (χ3v) is 4.62. The van der Waals surface area contributed by atoms with Crippen molar-refractivity contribution in [1.82, 2.24) is 4.98 Å². The van der Waals surface area contributed by atoms with Crippen molar-refractivity contribution < 1.29 is 9.72 Å². The van der Waals surface area contributed by atoms with E-state index in [4.69, 9.17) is 0 Å². The number of nitro groups is 1. The van der Waals surface area contributed by atoms with Crippen LogP contribution in [0.2, 0.25) is 0 Å². The van der Waals surface area contributed by atoms with Gasteiger partial charge in [-0.05, 0) is 44.5 Å². The Labute approximate surface area is 164 Å². The summed E-state index contributed by atoms with van der Waals surface area (Å²) in [6.45, 7) is 9.87. The zero-order valence-electron chi connectivity index (χ0n) is 17.0. The van der Waals surface area contributed by atoms with Crippen LogP contribution in [0.25, 0.3) is 21.8 Å². The van der Waals surface area contributed by atoms with Crippen molar-refractivity contribution in [1.29, 1.82) is 0 Å². The number of benzene rings is 2. The summed E-state index contributed by atoms with van der Waals surface area (Å²) >= 11 is 0. The van der Waals surface area contributed by atoms with Crippen LogP contribution in [0.5, 0.6) is 0 Å². The van der Waals surface area contributed by atoms with Crippen LogP contribution in [0.4, 0.5) is 5.69 Å². The smallest absolute Gasteiger partial charge is 0.270 e. The van der Waals surface area contributed by atoms with E-state index in [1.807, 2.05) is 58.9 Å². The first-order chi connectivity index (χ1) is 13.5. The Balaban J connectivity index is 0.00000136. The van der Waals surface area contributed by atoms with Crippen molar-refractivity contribution in [2.24, 2.45) is 0 Å². The number of ketones is 1. The zero-order chi connectivity index (χ0) is 20.8. The van der Waals surface area contributed by atoms with Crippen molar-refractivity contribution in [3.63, 3.8) is 0 Å². The molecule has 3 rings (SSSR count). The van der Waals surface area contributed by atoms with Gasteiger partial charge in [-0.15, -0.1) is 0 Å². The topological polar surface area (TPSA) is 76.0 Å². The van der Waals surface area contributed by atoms with Crippen LogP contribution in [-0.4, -0.2) is 15.7 Å².